The second-order valence-electron chi connectivity index (χ2n) is 5.69. The molecule has 0 aliphatic rings. The van der Waals surface area contributed by atoms with Crippen molar-refractivity contribution in [3.05, 3.63) is 47.3 Å². The predicted octanol–water partition coefficient (Wildman–Crippen LogP) is 3.13. The van der Waals surface area contributed by atoms with E-state index in [2.05, 4.69) is 20.6 Å². The molecule has 1 heterocycles. The molecule has 2 N–H and O–H groups in total. The normalized spacial score (nSPS) is 10.3. The smallest absolute Gasteiger partial charge is 0.224 e. The van der Waals surface area contributed by atoms with Gasteiger partial charge in [0.1, 0.15) is 0 Å². The molecule has 1 amide bonds. The van der Waals surface area contributed by atoms with Crippen molar-refractivity contribution in [2.75, 3.05) is 17.2 Å². The molecule has 0 spiro atoms. The maximum absolute atomic E-state index is 12.0. The van der Waals surface area contributed by atoms with Gasteiger partial charge in [0.25, 0.3) is 0 Å². The van der Waals surface area contributed by atoms with Gasteiger partial charge in [0, 0.05) is 35.6 Å². The Morgan fingerprint density at radius 2 is 1.79 bits per heavy atom. The number of aryl methyl sites for hydroxylation is 2. The molecular weight excluding hydrogens is 304 g/mol. The van der Waals surface area contributed by atoms with Gasteiger partial charge in [-0.15, -0.1) is 0 Å². The van der Waals surface area contributed by atoms with Gasteiger partial charge < -0.3 is 10.6 Å². The molecule has 1 aromatic carbocycles. The Bertz CT molecular complexity index is 723. The molecule has 0 unspecified atom stereocenters. The summed E-state index contributed by atoms with van der Waals surface area (Å²) in [4.78, 5) is 31.9. The highest BCUT2D eigenvalue weighted by molar-refractivity contribution is 5.97. The van der Waals surface area contributed by atoms with E-state index >= 15 is 0 Å². The fourth-order valence-electron chi connectivity index (χ4n) is 2.29. The van der Waals surface area contributed by atoms with Crippen LogP contribution in [0.4, 0.5) is 11.6 Å². The molecule has 2 aromatic rings. The van der Waals surface area contributed by atoms with Gasteiger partial charge in [-0.25, -0.2) is 9.97 Å². The summed E-state index contributed by atoms with van der Waals surface area (Å²) in [7, 11) is 0. The number of carbonyl (C=O) groups is 2. The van der Waals surface area contributed by atoms with Crippen molar-refractivity contribution < 1.29 is 9.59 Å². The second kappa shape index (κ2) is 8.19. The third kappa shape index (κ3) is 5.46. The fourth-order valence-corrected chi connectivity index (χ4v) is 2.29. The lowest BCUT2D eigenvalue weighted by Gasteiger charge is -2.08. The summed E-state index contributed by atoms with van der Waals surface area (Å²) in [5.41, 5.74) is 3.04. The van der Waals surface area contributed by atoms with Crippen LogP contribution >= 0.6 is 0 Å². The maximum Gasteiger partial charge on any atom is 0.224 e. The molecule has 0 radical (unpaired) electrons. The molecule has 6 nitrogen and oxygen atoms in total. The minimum atomic E-state index is -0.0844. The second-order valence-corrected chi connectivity index (χ2v) is 5.69. The number of anilines is 2. The first-order valence-corrected chi connectivity index (χ1v) is 7.91. The van der Waals surface area contributed by atoms with Crippen LogP contribution in [0.25, 0.3) is 0 Å². The monoisotopic (exact) mass is 326 g/mol. The average molecular weight is 326 g/mol. The van der Waals surface area contributed by atoms with E-state index in [4.69, 9.17) is 0 Å². The number of rotatable bonds is 7. The van der Waals surface area contributed by atoms with Crippen molar-refractivity contribution >= 4 is 23.3 Å². The van der Waals surface area contributed by atoms with Gasteiger partial charge in [0.15, 0.2) is 5.78 Å². The quantitative estimate of drug-likeness (QED) is 0.603. The fraction of sp³-hybridized carbons (Fsp3) is 0.333. The van der Waals surface area contributed by atoms with Gasteiger partial charge in [-0.1, -0.05) is 12.1 Å². The van der Waals surface area contributed by atoms with Crippen molar-refractivity contribution in [3.63, 3.8) is 0 Å². The highest BCUT2D eigenvalue weighted by Gasteiger charge is 2.05. The first kappa shape index (κ1) is 17.6. The zero-order valence-electron chi connectivity index (χ0n) is 14.2. The molecule has 126 valence electrons. The van der Waals surface area contributed by atoms with Crippen molar-refractivity contribution in [1.82, 2.24) is 9.97 Å². The van der Waals surface area contributed by atoms with Crippen LogP contribution in [0.1, 0.15) is 41.5 Å². The number of aromatic nitrogens is 2. The number of hydrogen-bond acceptors (Lipinski definition) is 5. The molecule has 6 heteroatoms. The summed E-state index contributed by atoms with van der Waals surface area (Å²) < 4.78 is 0. The average Bonchev–Trinajstić information content (AvgIpc) is 2.51. The molecule has 0 aliphatic carbocycles. The Hall–Kier alpha value is -2.76. The predicted molar refractivity (Wildman–Crippen MR) is 94.3 cm³/mol. The van der Waals surface area contributed by atoms with Crippen LogP contribution in [0.15, 0.2) is 30.3 Å². The van der Waals surface area contributed by atoms with Crippen LogP contribution in [0, 0.1) is 13.8 Å². The first-order chi connectivity index (χ1) is 11.4. The van der Waals surface area contributed by atoms with Crippen molar-refractivity contribution in [2.45, 2.75) is 33.6 Å². The van der Waals surface area contributed by atoms with Crippen LogP contribution in [0.3, 0.4) is 0 Å². The van der Waals surface area contributed by atoms with Gasteiger partial charge in [-0.2, -0.15) is 0 Å². The van der Waals surface area contributed by atoms with E-state index in [1.54, 1.807) is 24.3 Å². The van der Waals surface area contributed by atoms with Crippen LogP contribution in [-0.4, -0.2) is 28.2 Å². The van der Waals surface area contributed by atoms with Crippen LogP contribution < -0.4 is 10.6 Å². The Morgan fingerprint density at radius 3 is 2.46 bits per heavy atom. The molecule has 24 heavy (non-hydrogen) atoms. The van der Waals surface area contributed by atoms with Crippen molar-refractivity contribution in [2.24, 2.45) is 0 Å². The number of Topliss-reactive ketones (excluding diaryl/α,β-unsaturated/α-hetero) is 1. The molecule has 0 atom stereocenters. The Morgan fingerprint density at radius 1 is 1.08 bits per heavy atom. The third-order valence-corrected chi connectivity index (χ3v) is 3.40. The SMILES string of the molecule is CC(=O)c1cccc(NC(=O)CCCNc2nc(C)cc(C)n2)c1. The Labute approximate surface area is 141 Å². The molecule has 0 fully saturated rings. The van der Waals surface area contributed by atoms with E-state index in [0.29, 0.717) is 36.6 Å². The minimum absolute atomic E-state index is 0.0243. The summed E-state index contributed by atoms with van der Waals surface area (Å²) in [6.45, 7) is 5.95. The maximum atomic E-state index is 12.0. The van der Waals surface area contributed by atoms with Crippen molar-refractivity contribution in [1.29, 1.82) is 0 Å². The third-order valence-electron chi connectivity index (χ3n) is 3.40. The van der Waals surface area contributed by atoms with E-state index in [9.17, 15) is 9.59 Å². The van der Waals surface area contributed by atoms with Gasteiger partial charge in [0.05, 0.1) is 0 Å². The number of nitrogens with zero attached hydrogens (tertiary/aromatic N) is 2. The zero-order valence-corrected chi connectivity index (χ0v) is 14.2. The number of ketones is 1. The molecule has 1 aromatic heterocycles. The first-order valence-electron chi connectivity index (χ1n) is 7.91. The van der Waals surface area contributed by atoms with Crippen LogP contribution in [0.2, 0.25) is 0 Å². The summed E-state index contributed by atoms with van der Waals surface area (Å²) in [6.07, 6.45) is 1.04. The number of hydrogen-bond donors (Lipinski definition) is 2. The van der Waals surface area contributed by atoms with E-state index < -0.39 is 0 Å². The molecule has 0 bridgehead atoms. The zero-order chi connectivity index (χ0) is 17.5. The van der Waals surface area contributed by atoms with Crippen molar-refractivity contribution in [3.8, 4) is 0 Å². The molecule has 2 rings (SSSR count). The summed E-state index contributed by atoms with van der Waals surface area (Å²) in [5, 5.41) is 5.93. The van der Waals surface area contributed by atoms with Gasteiger partial charge in [-0.05, 0) is 45.4 Å². The molecular formula is C18H22N4O2. The number of benzene rings is 1. The topological polar surface area (TPSA) is 84.0 Å². The standard InChI is InChI=1S/C18H22N4O2/c1-12-10-13(2)21-18(20-12)19-9-5-8-17(24)22-16-7-4-6-15(11-16)14(3)23/h4,6-7,10-11H,5,8-9H2,1-3H3,(H,22,24)(H,19,20,21). The van der Waals surface area contributed by atoms with E-state index in [0.717, 1.165) is 11.4 Å². The lowest BCUT2D eigenvalue weighted by molar-refractivity contribution is -0.116. The Balaban J connectivity index is 1.77. The number of nitrogens with one attached hydrogen (secondary N) is 2. The molecule has 0 aliphatic heterocycles. The number of amides is 1. The molecule has 0 saturated carbocycles. The van der Waals surface area contributed by atoms with E-state index in [1.165, 1.54) is 6.92 Å². The van der Waals surface area contributed by atoms with Gasteiger partial charge >= 0.3 is 0 Å². The van der Waals surface area contributed by atoms with E-state index in [-0.39, 0.29) is 11.7 Å². The summed E-state index contributed by atoms with van der Waals surface area (Å²) in [6, 6.07) is 8.85. The summed E-state index contributed by atoms with van der Waals surface area (Å²) >= 11 is 0. The van der Waals surface area contributed by atoms with Crippen LogP contribution in [0.5, 0.6) is 0 Å². The largest absolute Gasteiger partial charge is 0.354 e. The Kier molecular flexibility index (Phi) is 6.01. The lowest BCUT2D eigenvalue weighted by Crippen LogP contribution is -2.14. The lowest BCUT2D eigenvalue weighted by atomic mass is 10.1. The van der Waals surface area contributed by atoms with Gasteiger partial charge in [-0.3, -0.25) is 9.59 Å². The highest BCUT2D eigenvalue weighted by atomic mass is 16.1. The highest BCUT2D eigenvalue weighted by Crippen LogP contribution is 2.12. The van der Waals surface area contributed by atoms with Gasteiger partial charge in [0.2, 0.25) is 11.9 Å². The molecule has 0 saturated heterocycles. The van der Waals surface area contributed by atoms with E-state index in [1.807, 2.05) is 19.9 Å². The number of carbonyl (C=O) groups excluding carboxylic acids is 2. The van der Waals surface area contributed by atoms with Crippen LogP contribution in [-0.2, 0) is 4.79 Å². The minimum Gasteiger partial charge on any atom is -0.354 e. The summed E-state index contributed by atoms with van der Waals surface area (Å²) in [5.74, 6) is 0.477.